The first-order valence-electron chi connectivity index (χ1n) is 2.75. The van der Waals surface area contributed by atoms with E-state index in [1.807, 2.05) is 0 Å². The van der Waals surface area contributed by atoms with Gasteiger partial charge in [0.15, 0.2) is 0 Å². The lowest BCUT2D eigenvalue weighted by Crippen LogP contribution is -2.12. The van der Waals surface area contributed by atoms with Gasteiger partial charge in [-0.05, 0) is 13.0 Å². The lowest BCUT2D eigenvalue weighted by molar-refractivity contribution is -0.123. The Kier molecular flexibility index (Phi) is 12.6. The number of hydrogen-bond acceptors (Lipinski definition) is 3. The van der Waals surface area contributed by atoms with Gasteiger partial charge < -0.3 is 16.6 Å². The summed E-state index contributed by atoms with van der Waals surface area (Å²) < 4.78 is 0. The van der Waals surface area contributed by atoms with Crippen LogP contribution in [-0.4, -0.2) is 24.0 Å². The summed E-state index contributed by atoms with van der Waals surface area (Å²) in [7, 11) is 0. The van der Waals surface area contributed by atoms with E-state index >= 15 is 0 Å². The third-order valence-corrected chi connectivity index (χ3v) is 0.627. The van der Waals surface area contributed by atoms with E-state index in [0.717, 1.165) is 0 Å². The molecule has 0 radical (unpaired) electrons. The SMILES string of the molecule is NCCCC(N)=O.O=CO. The minimum Gasteiger partial charge on any atom is -0.483 e. The maximum Gasteiger partial charge on any atom is 0.290 e. The van der Waals surface area contributed by atoms with E-state index < -0.39 is 0 Å². The van der Waals surface area contributed by atoms with Gasteiger partial charge in [-0.3, -0.25) is 9.59 Å². The van der Waals surface area contributed by atoms with Crippen LogP contribution in [0.1, 0.15) is 12.8 Å². The lowest BCUT2D eigenvalue weighted by Gasteiger charge is -1.87. The van der Waals surface area contributed by atoms with E-state index in [2.05, 4.69) is 0 Å². The zero-order valence-electron chi connectivity index (χ0n) is 5.62. The Morgan fingerprint density at radius 2 is 2.00 bits per heavy atom. The summed E-state index contributed by atoms with van der Waals surface area (Å²) in [5, 5.41) is 6.89. The third-order valence-electron chi connectivity index (χ3n) is 0.627. The summed E-state index contributed by atoms with van der Waals surface area (Å²) in [4.78, 5) is 18.3. The molecule has 0 saturated heterocycles. The Morgan fingerprint density at radius 3 is 2.10 bits per heavy atom. The molecule has 0 saturated carbocycles. The van der Waals surface area contributed by atoms with Gasteiger partial charge in [0.25, 0.3) is 6.47 Å². The predicted octanol–water partition coefficient (Wildman–Crippen LogP) is -1.09. The molecule has 5 N–H and O–H groups in total. The highest BCUT2D eigenvalue weighted by Gasteiger charge is 1.88. The summed E-state index contributed by atoms with van der Waals surface area (Å²) >= 11 is 0. The van der Waals surface area contributed by atoms with Gasteiger partial charge in [0.1, 0.15) is 0 Å². The minimum atomic E-state index is -0.273. The second kappa shape index (κ2) is 10.8. The fraction of sp³-hybridized carbons (Fsp3) is 0.600. The second-order valence-electron chi connectivity index (χ2n) is 1.46. The van der Waals surface area contributed by atoms with Gasteiger partial charge in [0.2, 0.25) is 5.91 Å². The summed E-state index contributed by atoms with van der Waals surface area (Å²) in [6.07, 6.45) is 1.12. The van der Waals surface area contributed by atoms with Crippen molar-refractivity contribution in [3.63, 3.8) is 0 Å². The summed E-state index contributed by atoms with van der Waals surface area (Å²) in [6, 6.07) is 0. The van der Waals surface area contributed by atoms with Gasteiger partial charge in [-0.2, -0.15) is 0 Å². The summed E-state index contributed by atoms with van der Waals surface area (Å²) in [5.74, 6) is -0.273. The molecule has 60 valence electrons. The van der Waals surface area contributed by atoms with Crippen molar-refractivity contribution in [1.29, 1.82) is 0 Å². The van der Waals surface area contributed by atoms with E-state index in [0.29, 0.717) is 19.4 Å². The average Bonchev–Trinajstić information content (AvgIpc) is 1.85. The molecule has 0 aromatic heterocycles. The molecule has 0 aliphatic carbocycles. The molecule has 5 nitrogen and oxygen atoms in total. The number of hydrogen-bond donors (Lipinski definition) is 3. The number of primary amides is 1. The lowest BCUT2D eigenvalue weighted by atomic mass is 10.3. The van der Waals surface area contributed by atoms with Crippen molar-refractivity contribution in [2.45, 2.75) is 12.8 Å². The normalized spacial score (nSPS) is 7.30. The van der Waals surface area contributed by atoms with Crippen LogP contribution in [0.5, 0.6) is 0 Å². The van der Waals surface area contributed by atoms with Gasteiger partial charge in [0, 0.05) is 6.42 Å². The molecule has 0 fully saturated rings. The van der Waals surface area contributed by atoms with Crippen LogP contribution in [0.3, 0.4) is 0 Å². The molecule has 0 rings (SSSR count). The van der Waals surface area contributed by atoms with Gasteiger partial charge in [-0.1, -0.05) is 0 Å². The largest absolute Gasteiger partial charge is 0.483 e. The van der Waals surface area contributed by atoms with Crippen LogP contribution in [0.25, 0.3) is 0 Å². The van der Waals surface area contributed by atoms with Crippen LogP contribution in [0.2, 0.25) is 0 Å². The molecule has 0 unspecified atom stereocenters. The smallest absolute Gasteiger partial charge is 0.290 e. The standard InChI is InChI=1S/C4H10N2O.CH2O2/c5-3-1-2-4(6)7;2-1-3/h1-3,5H2,(H2,6,7);1H,(H,2,3). The van der Waals surface area contributed by atoms with Gasteiger partial charge in [0.05, 0.1) is 0 Å². The number of carbonyl (C=O) groups excluding carboxylic acids is 1. The molecule has 1 amide bonds. The highest BCUT2D eigenvalue weighted by molar-refractivity contribution is 5.73. The van der Waals surface area contributed by atoms with Crippen molar-refractivity contribution in [2.75, 3.05) is 6.54 Å². The Labute approximate surface area is 59.0 Å². The van der Waals surface area contributed by atoms with Crippen LogP contribution < -0.4 is 11.5 Å². The Bertz CT molecular complexity index is 94.9. The third kappa shape index (κ3) is 28.6. The molecule has 0 aliphatic heterocycles. The zero-order valence-corrected chi connectivity index (χ0v) is 5.62. The van der Waals surface area contributed by atoms with Gasteiger partial charge in [-0.15, -0.1) is 0 Å². The van der Waals surface area contributed by atoms with Gasteiger partial charge >= 0.3 is 0 Å². The number of rotatable bonds is 3. The molecule has 0 bridgehead atoms. The van der Waals surface area contributed by atoms with E-state index in [1.165, 1.54) is 0 Å². The topological polar surface area (TPSA) is 106 Å². The first-order valence-corrected chi connectivity index (χ1v) is 2.75. The Balaban J connectivity index is 0. The number of carbonyl (C=O) groups is 2. The van der Waals surface area contributed by atoms with Crippen LogP contribution in [0.4, 0.5) is 0 Å². The quantitative estimate of drug-likeness (QED) is 0.442. The molecule has 0 aliphatic rings. The molecule has 0 atom stereocenters. The van der Waals surface area contributed by atoms with Crippen molar-refractivity contribution in [2.24, 2.45) is 11.5 Å². The maximum atomic E-state index is 9.92. The molecule has 0 aromatic carbocycles. The minimum absolute atomic E-state index is 0.250. The average molecular weight is 148 g/mol. The number of carboxylic acid groups (broad SMARTS) is 1. The van der Waals surface area contributed by atoms with Crippen molar-refractivity contribution < 1.29 is 14.7 Å². The highest BCUT2D eigenvalue weighted by atomic mass is 16.3. The molecule has 0 heterocycles. The molecular formula is C5H12N2O3. The van der Waals surface area contributed by atoms with Crippen molar-refractivity contribution in [3.8, 4) is 0 Å². The maximum absolute atomic E-state index is 9.92. The molecule has 10 heavy (non-hydrogen) atoms. The Hall–Kier alpha value is -1.10. The fourth-order valence-electron chi connectivity index (χ4n) is 0.276. The van der Waals surface area contributed by atoms with Crippen LogP contribution in [0, 0.1) is 0 Å². The first kappa shape index (κ1) is 11.7. The van der Waals surface area contributed by atoms with Crippen LogP contribution >= 0.6 is 0 Å². The Morgan fingerprint density at radius 1 is 1.60 bits per heavy atom. The number of nitrogens with two attached hydrogens (primary N) is 2. The summed E-state index contributed by atoms with van der Waals surface area (Å²) in [5.41, 5.74) is 9.85. The summed E-state index contributed by atoms with van der Waals surface area (Å²) in [6.45, 7) is 0.295. The van der Waals surface area contributed by atoms with Crippen LogP contribution in [0.15, 0.2) is 0 Å². The van der Waals surface area contributed by atoms with E-state index in [9.17, 15) is 4.79 Å². The first-order chi connectivity index (χ1) is 4.68. The van der Waals surface area contributed by atoms with Crippen molar-refractivity contribution in [1.82, 2.24) is 0 Å². The van der Waals surface area contributed by atoms with Crippen molar-refractivity contribution >= 4 is 12.4 Å². The molecule has 0 spiro atoms. The van der Waals surface area contributed by atoms with Crippen LogP contribution in [-0.2, 0) is 9.59 Å². The highest BCUT2D eigenvalue weighted by Crippen LogP contribution is 1.80. The van der Waals surface area contributed by atoms with E-state index in [-0.39, 0.29) is 12.4 Å². The predicted molar refractivity (Wildman–Crippen MR) is 36.2 cm³/mol. The van der Waals surface area contributed by atoms with E-state index in [4.69, 9.17) is 21.4 Å². The molecule has 0 aromatic rings. The van der Waals surface area contributed by atoms with Crippen molar-refractivity contribution in [3.05, 3.63) is 0 Å². The molecular weight excluding hydrogens is 136 g/mol. The fourth-order valence-corrected chi connectivity index (χ4v) is 0.276. The monoisotopic (exact) mass is 148 g/mol. The van der Waals surface area contributed by atoms with E-state index in [1.54, 1.807) is 0 Å². The number of amides is 1. The van der Waals surface area contributed by atoms with Gasteiger partial charge in [-0.25, -0.2) is 0 Å². The second-order valence-corrected chi connectivity index (χ2v) is 1.46. The zero-order chi connectivity index (χ0) is 8.41. The molecule has 5 heteroatoms.